The first-order valence-corrected chi connectivity index (χ1v) is 5.73. The van der Waals surface area contributed by atoms with E-state index in [2.05, 4.69) is 29.3 Å². The highest BCUT2D eigenvalue weighted by atomic mass is 32.2. The van der Waals surface area contributed by atoms with Crippen LogP contribution in [0.1, 0.15) is 19.7 Å². The van der Waals surface area contributed by atoms with Crippen molar-refractivity contribution in [3.05, 3.63) is 5.82 Å². The van der Waals surface area contributed by atoms with Gasteiger partial charge in [-0.1, -0.05) is 13.8 Å². The van der Waals surface area contributed by atoms with Gasteiger partial charge in [-0.2, -0.15) is 16.6 Å². The molecule has 0 bridgehead atoms. The molecular weight excluding hydrogens is 198 g/mol. The zero-order valence-corrected chi connectivity index (χ0v) is 9.66. The van der Waals surface area contributed by atoms with Crippen molar-refractivity contribution >= 4 is 11.8 Å². The summed E-state index contributed by atoms with van der Waals surface area (Å²) in [5, 5.41) is 12.4. The first kappa shape index (κ1) is 11.5. The Morgan fingerprint density at radius 1 is 1.50 bits per heavy atom. The lowest BCUT2D eigenvalue weighted by Crippen LogP contribution is -2.26. The smallest absolute Gasteiger partial charge is 0.176 e. The van der Waals surface area contributed by atoms with E-state index in [0.717, 1.165) is 11.6 Å². The molecule has 1 heterocycles. The Morgan fingerprint density at radius 2 is 2.21 bits per heavy atom. The van der Waals surface area contributed by atoms with E-state index in [1.807, 2.05) is 11.8 Å². The summed E-state index contributed by atoms with van der Waals surface area (Å²) in [5.74, 6) is 1.67. The molecule has 1 aromatic rings. The van der Waals surface area contributed by atoms with Crippen LogP contribution in [0.4, 0.5) is 0 Å². The van der Waals surface area contributed by atoms with Gasteiger partial charge in [0.05, 0.1) is 7.05 Å². The molecule has 1 rings (SSSR count). The molecule has 0 saturated carbocycles. The van der Waals surface area contributed by atoms with E-state index in [0.29, 0.717) is 11.7 Å². The van der Waals surface area contributed by atoms with Gasteiger partial charge < -0.3 is 5.73 Å². The summed E-state index contributed by atoms with van der Waals surface area (Å²) in [6.45, 7) is 4.33. The highest BCUT2D eigenvalue weighted by Gasteiger charge is 2.09. The van der Waals surface area contributed by atoms with E-state index in [-0.39, 0.29) is 6.04 Å². The van der Waals surface area contributed by atoms with Crippen molar-refractivity contribution in [2.24, 2.45) is 12.8 Å². The first-order chi connectivity index (χ1) is 6.58. The number of nitrogens with zero attached hydrogens (tertiary/aromatic N) is 4. The van der Waals surface area contributed by atoms with Crippen LogP contribution in [0, 0.1) is 0 Å². The number of rotatable bonds is 5. The van der Waals surface area contributed by atoms with E-state index in [9.17, 15) is 0 Å². The van der Waals surface area contributed by atoms with Gasteiger partial charge in [0.2, 0.25) is 0 Å². The average molecular weight is 215 g/mol. The van der Waals surface area contributed by atoms with E-state index in [4.69, 9.17) is 5.73 Å². The Morgan fingerprint density at radius 3 is 2.71 bits per heavy atom. The third-order valence-electron chi connectivity index (χ3n) is 1.64. The van der Waals surface area contributed by atoms with Crippen LogP contribution in [-0.2, 0) is 13.5 Å². The Balaban J connectivity index is 2.30. The van der Waals surface area contributed by atoms with E-state index >= 15 is 0 Å². The second kappa shape index (κ2) is 5.31. The van der Waals surface area contributed by atoms with Crippen molar-refractivity contribution in [1.82, 2.24) is 20.2 Å². The van der Waals surface area contributed by atoms with E-state index in [1.54, 1.807) is 7.05 Å². The van der Waals surface area contributed by atoms with E-state index < -0.39 is 0 Å². The molecule has 1 unspecified atom stereocenters. The molecule has 0 saturated heterocycles. The maximum absolute atomic E-state index is 5.93. The maximum atomic E-state index is 5.93. The van der Waals surface area contributed by atoms with Crippen LogP contribution in [-0.4, -0.2) is 37.3 Å². The lowest BCUT2D eigenvalue weighted by molar-refractivity contribution is 0.624. The van der Waals surface area contributed by atoms with Gasteiger partial charge in [0.15, 0.2) is 5.82 Å². The Labute approximate surface area is 88.4 Å². The Kier molecular flexibility index (Phi) is 4.34. The fourth-order valence-corrected chi connectivity index (χ4v) is 1.76. The van der Waals surface area contributed by atoms with Crippen molar-refractivity contribution in [3.63, 3.8) is 0 Å². The molecule has 5 nitrogen and oxygen atoms in total. The minimum Gasteiger partial charge on any atom is -0.327 e. The molecule has 14 heavy (non-hydrogen) atoms. The zero-order valence-electron chi connectivity index (χ0n) is 8.84. The molecular formula is C8H17N5S. The van der Waals surface area contributed by atoms with Gasteiger partial charge in [0.25, 0.3) is 0 Å². The van der Waals surface area contributed by atoms with Crippen LogP contribution in [0.5, 0.6) is 0 Å². The molecule has 0 aromatic carbocycles. The van der Waals surface area contributed by atoms with Crippen LogP contribution < -0.4 is 5.73 Å². The standard InChI is InChI=1S/C8H17N5S/c1-6(2)14-5-7(9)4-8-10-12-13(3)11-8/h6-7H,4-5,9H2,1-3H3. The number of hydrogen-bond acceptors (Lipinski definition) is 5. The highest BCUT2D eigenvalue weighted by Crippen LogP contribution is 2.10. The number of aromatic nitrogens is 4. The number of thioether (sulfide) groups is 1. The minimum atomic E-state index is 0.117. The molecule has 0 fully saturated rings. The lowest BCUT2D eigenvalue weighted by atomic mass is 10.2. The van der Waals surface area contributed by atoms with Crippen molar-refractivity contribution < 1.29 is 0 Å². The monoisotopic (exact) mass is 215 g/mol. The largest absolute Gasteiger partial charge is 0.327 e. The van der Waals surface area contributed by atoms with Gasteiger partial charge >= 0.3 is 0 Å². The summed E-state index contributed by atoms with van der Waals surface area (Å²) in [7, 11) is 1.75. The predicted octanol–water partition coefficient (Wildman–Crippen LogP) is 0.221. The normalized spacial score (nSPS) is 13.5. The molecule has 1 atom stereocenters. The third kappa shape index (κ3) is 4.06. The summed E-state index contributed by atoms with van der Waals surface area (Å²) in [6.07, 6.45) is 0.702. The van der Waals surface area contributed by atoms with Crippen molar-refractivity contribution in [2.45, 2.75) is 31.6 Å². The van der Waals surface area contributed by atoms with Gasteiger partial charge in [0, 0.05) is 18.2 Å². The Hall–Kier alpha value is -0.620. The summed E-state index contributed by atoms with van der Waals surface area (Å²) < 4.78 is 0. The van der Waals surface area contributed by atoms with Crippen LogP contribution in [0.15, 0.2) is 0 Å². The molecule has 0 aliphatic heterocycles. The number of aryl methyl sites for hydroxylation is 1. The van der Waals surface area contributed by atoms with Crippen LogP contribution in [0.3, 0.4) is 0 Å². The first-order valence-electron chi connectivity index (χ1n) is 4.68. The SMILES string of the molecule is CC(C)SCC(N)Cc1nnn(C)n1. The van der Waals surface area contributed by atoms with Crippen LogP contribution >= 0.6 is 11.8 Å². The summed E-state index contributed by atoms with van der Waals surface area (Å²) >= 11 is 1.86. The van der Waals surface area contributed by atoms with Gasteiger partial charge in [-0.25, -0.2) is 0 Å². The zero-order chi connectivity index (χ0) is 10.6. The second-order valence-corrected chi connectivity index (χ2v) is 5.15. The fraction of sp³-hybridized carbons (Fsp3) is 0.875. The predicted molar refractivity (Wildman–Crippen MR) is 58.1 cm³/mol. The topological polar surface area (TPSA) is 69.6 Å². The average Bonchev–Trinajstić information content (AvgIpc) is 2.48. The van der Waals surface area contributed by atoms with E-state index in [1.165, 1.54) is 4.80 Å². The molecule has 0 spiro atoms. The number of nitrogens with two attached hydrogens (primary N) is 1. The number of tetrazole rings is 1. The second-order valence-electron chi connectivity index (χ2n) is 3.54. The molecule has 0 aliphatic rings. The molecule has 2 N–H and O–H groups in total. The summed E-state index contributed by atoms with van der Waals surface area (Å²) in [6, 6.07) is 0.117. The van der Waals surface area contributed by atoms with Gasteiger partial charge in [-0.15, -0.1) is 10.2 Å². The molecule has 0 radical (unpaired) electrons. The van der Waals surface area contributed by atoms with Gasteiger partial charge in [0.1, 0.15) is 0 Å². The van der Waals surface area contributed by atoms with Crippen molar-refractivity contribution in [2.75, 3.05) is 5.75 Å². The molecule has 0 aliphatic carbocycles. The highest BCUT2D eigenvalue weighted by molar-refractivity contribution is 7.99. The van der Waals surface area contributed by atoms with Crippen LogP contribution in [0.2, 0.25) is 0 Å². The fourth-order valence-electron chi connectivity index (χ4n) is 1.01. The number of hydrogen-bond donors (Lipinski definition) is 1. The minimum absolute atomic E-state index is 0.117. The third-order valence-corrected chi connectivity index (χ3v) is 2.93. The summed E-state index contributed by atoms with van der Waals surface area (Å²) in [4.78, 5) is 1.46. The molecule has 0 amide bonds. The summed E-state index contributed by atoms with van der Waals surface area (Å²) in [5.41, 5.74) is 5.93. The van der Waals surface area contributed by atoms with Crippen molar-refractivity contribution in [1.29, 1.82) is 0 Å². The quantitative estimate of drug-likeness (QED) is 0.761. The van der Waals surface area contributed by atoms with Crippen molar-refractivity contribution in [3.8, 4) is 0 Å². The maximum Gasteiger partial charge on any atom is 0.176 e. The van der Waals surface area contributed by atoms with Crippen LogP contribution in [0.25, 0.3) is 0 Å². The molecule has 80 valence electrons. The molecule has 6 heteroatoms. The lowest BCUT2D eigenvalue weighted by Gasteiger charge is -2.10. The Bertz CT molecular complexity index is 272. The van der Waals surface area contributed by atoms with Gasteiger partial charge in [-0.05, 0) is 10.5 Å². The van der Waals surface area contributed by atoms with Gasteiger partial charge in [-0.3, -0.25) is 0 Å². The molecule has 1 aromatic heterocycles.